The monoisotopic (exact) mass is 487 g/mol. The second kappa shape index (κ2) is 12.5. The highest BCUT2D eigenvalue weighted by Gasteiger charge is 2.13. The maximum atomic E-state index is 12.5. The van der Waals surface area contributed by atoms with Gasteiger partial charge in [-0.2, -0.15) is 5.26 Å². The van der Waals surface area contributed by atoms with E-state index in [4.69, 9.17) is 14.2 Å². The number of carbonyl (C=O) groups is 2. The van der Waals surface area contributed by atoms with Crippen molar-refractivity contribution in [1.82, 2.24) is 0 Å². The van der Waals surface area contributed by atoms with Crippen LogP contribution in [0, 0.1) is 11.3 Å². The fourth-order valence-corrected chi connectivity index (χ4v) is 3.08. The summed E-state index contributed by atoms with van der Waals surface area (Å²) in [5.74, 6) is 0.483. The fourth-order valence-electron chi connectivity index (χ4n) is 3.08. The van der Waals surface area contributed by atoms with Crippen molar-refractivity contribution >= 4 is 29.3 Å². The number of hydrogen-bond donors (Lipinski definition) is 3. The highest BCUT2D eigenvalue weighted by molar-refractivity contribution is 6.09. The van der Waals surface area contributed by atoms with Crippen LogP contribution in [0.1, 0.15) is 12.5 Å². The zero-order valence-corrected chi connectivity index (χ0v) is 19.8. The summed E-state index contributed by atoms with van der Waals surface area (Å²) in [5.41, 5.74) is 1.44. The van der Waals surface area contributed by atoms with E-state index in [1.807, 2.05) is 6.07 Å². The zero-order valence-electron chi connectivity index (χ0n) is 19.8. The first-order chi connectivity index (χ1) is 17.4. The predicted molar refractivity (Wildman–Crippen MR) is 135 cm³/mol. The van der Waals surface area contributed by atoms with Gasteiger partial charge in [-0.1, -0.05) is 6.07 Å². The Labute approximate surface area is 208 Å². The number of phenols is 1. The number of nitriles is 1. The van der Waals surface area contributed by atoms with E-state index in [-0.39, 0.29) is 23.8 Å². The standard InChI is InChI=1S/C27H25N3O6/c1-3-35-25-15-18(14-19(16-28)27(33)30-21-5-9-22(31)10-6-21)4-13-24(25)36-17-26(32)29-20-7-11-23(34-2)12-8-20/h4-15,31H,3,17H2,1-2H3,(H,29,32)(H,30,33). The van der Waals surface area contributed by atoms with Crippen LogP contribution >= 0.6 is 0 Å². The van der Waals surface area contributed by atoms with Gasteiger partial charge in [0.25, 0.3) is 11.8 Å². The molecule has 0 radical (unpaired) electrons. The molecule has 36 heavy (non-hydrogen) atoms. The molecule has 3 aromatic carbocycles. The number of aromatic hydroxyl groups is 1. The van der Waals surface area contributed by atoms with Gasteiger partial charge in [0.2, 0.25) is 0 Å². The van der Waals surface area contributed by atoms with Crippen molar-refractivity contribution in [2.45, 2.75) is 6.92 Å². The molecule has 0 fully saturated rings. The third-order valence-corrected chi connectivity index (χ3v) is 4.80. The molecule has 0 spiro atoms. The van der Waals surface area contributed by atoms with Crippen molar-refractivity contribution in [2.24, 2.45) is 0 Å². The molecule has 0 aromatic heterocycles. The summed E-state index contributed by atoms with van der Waals surface area (Å²) in [5, 5.41) is 24.2. The maximum Gasteiger partial charge on any atom is 0.266 e. The van der Waals surface area contributed by atoms with Crippen LogP contribution in [0.4, 0.5) is 11.4 Å². The van der Waals surface area contributed by atoms with Crippen molar-refractivity contribution in [3.63, 3.8) is 0 Å². The molecule has 0 aliphatic rings. The predicted octanol–water partition coefficient (Wildman–Crippen LogP) is 4.36. The number of amides is 2. The van der Waals surface area contributed by atoms with Crippen molar-refractivity contribution in [3.05, 3.63) is 77.9 Å². The molecule has 0 heterocycles. The largest absolute Gasteiger partial charge is 0.508 e. The Morgan fingerprint density at radius 3 is 2.25 bits per heavy atom. The van der Waals surface area contributed by atoms with Crippen molar-refractivity contribution < 1.29 is 28.9 Å². The smallest absolute Gasteiger partial charge is 0.266 e. The van der Waals surface area contributed by atoms with Gasteiger partial charge in [-0.25, -0.2) is 0 Å². The summed E-state index contributed by atoms with van der Waals surface area (Å²) in [6.07, 6.45) is 1.42. The van der Waals surface area contributed by atoms with Crippen LogP contribution in [-0.2, 0) is 9.59 Å². The van der Waals surface area contributed by atoms with Gasteiger partial charge in [-0.05, 0) is 79.2 Å². The number of carbonyl (C=O) groups excluding carboxylic acids is 2. The highest BCUT2D eigenvalue weighted by atomic mass is 16.5. The summed E-state index contributed by atoms with van der Waals surface area (Å²) < 4.78 is 16.4. The molecule has 3 aromatic rings. The number of nitrogens with one attached hydrogen (secondary N) is 2. The maximum absolute atomic E-state index is 12.5. The van der Waals surface area contributed by atoms with Gasteiger partial charge in [0, 0.05) is 11.4 Å². The van der Waals surface area contributed by atoms with E-state index in [1.165, 1.54) is 30.3 Å². The molecule has 0 atom stereocenters. The number of hydrogen-bond acceptors (Lipinski definition) is 7. The molecule has 3 rings (SSSR count). The highest BCUT2D eigenvalue weighted by Crippen LogP contribution is 2.29. The quantitative estimate of drug-likeness (QED) is 0.220. The first kappa shape index (κ1) is 25.6. The molecule has 184 valence electrons. The van der Waals surface area contributed by atoms with Crippen LogP contribution in [0.15, 0.2) is 72.3 Å². The van der Waals surface area contributed by atoms with Gasteiger partial charge >= 0.3 is 0 Å². The number of benzene rings is 3. The van der Waals surface area contributed by atoms with Crippen LogP contribution in [0.25, 0.3) is 6.08 Å². The average Bonchev–Trinajstić information content (AvgIpc) is 2.88. The molecule has 3 N–H and O–H groups in total. The lowest BCUT2D eigenvalue weighted by Crippen LogP contribution is -2.20. The number of methoxy groups -OCH3 is 1. The van der Waals surface area contributed by atoms with E-state index in [1.54, 1.807) is 56.5 Å². The van der Waals surface area contributed by atoms with Gasteiger partial charge in [0.05, 0.1) is 13.7 Å². The van der Waals surface area contributed by atoms with Gasteiger partial charge in [0.15, 0.2) is 18.1 Å². The molecular formula is C27H25N3O6. The summed E-state index contributed by atoms with van der Waals surface area (Å²) in [6, 6.07) is 19.5. The minimum Gasteiger partial charge on any atom is -0.508 e. The average molecular weight is 488 g/mol. The molecule has 0 saturated carbocycles. The van der Waals surface area contributed by atoms with Crippen molar-refractivity contribution in [1.29, 1.82) is 5.26 Å². The van der Waals surface area contributed by atoms with Crippen LogP contribution in [-0.4, -0.2) is 37.2 Å². The van der Waals surface area contributed by atoms with E-state index in [9.17, 15) is 20.0 Å². The summed E-state index contributed by atoms with van der Waals surface area (Å²) >= 11 is 0. The summed E-state index contributed by atoms with van der Waals surface area (Å²) in [4.78, 5) is 24.8. The van der Waals surface area contributed by atoms with Gasteiger partial charge in [-0.3, -0.25) is 9.59 Å². The Morgan fingerprint density at radius 1 is 0.944 bits per heavy atom. The van der Waals surface area contributed by atoms with Crippen molar-refractivity contribution in [3.8, 4) is 29.1 Å². The number of nitrogens with zero attached hydrogens (tertiary/aromatic N) is 1. The van der Waals surface area contributed by atoms with Crippen LogP contribution < -0.4 is 24.8 Å². The Balaban J connectivity index is 1.68. The lowest BCUT2D eigenvalue weighted by atomic mass is 10.1. The molecule has 2 amide bonds. The molecule has 0 bridgehead atoms. The second-order valence-electron chi connectivity index (χ2n) is 7.38. The third kappa shape index (κ3) is 7.27. The molecule has 0 aliphatic carbocycles. The minimum atomic E-state index is -0.600. The Hall–Kier alpha value is -4.97. The topological polar surface area (TPSA) is 130 Å². The lowest BCUT2D eigenvalue weighted by Gasteiger charge is -2.13. The van der Waals surface area contributed by atoms with Crippen LogP contribution in [0.5, 0.6) is 23.0 Å². The minimum absolute atomic E-state index is 0.0630. The number of ether oxygens (including phenoxy) is 3. The van der Waals surface area contributed by atoms with E-state index >= 15 is 0 Å². The van der Waals surface area contributed by atoms with E-state index in [2.05, 4.69) is 10.6 Å². The number of anilines is 2. The first-order valence-electron chi connectivity index (χ1n) is 11.0. The normalized spacial score (nSPS) is 10.6. The molecule has 9 nitrogen and oxygen atoms in total. The van der Waals surface area contributed by atoms with Gasteiger partial charge in [0.1, 0.15) is 23.1 Å². The summed E-state index contributed by atoms with van der Waals surface area (Å²) in [7, 11) is 1.56. The van der Waals surface area contributed by atoms with Crippen LogP contribution in [0.3, 0.4) is 0 Å². The summed E-state index contributed by atoms with van der Waals surface area (Å²) in [6.45, 7) is 1.89. The van der Waals surface area contributed by atoms with E-state index < -0.39 is 5.91 Å². The molecule has 0 aliphatic heterocycles. The van der Waals surface area contributed by atoms with Gasteiger partial charge in [-0.15, -0.1) is 0 Å². The van der Waals surface area contributed by atoms with Crippen LogP contribution in [0.2, 0.25) is 0 Å². The van der Waals surface area contributed by atoms with E-state index in [0.717, 1.165) is 0 Å². The van der Waals surface area contributed by atoms with E-state index in [0.29, 0.717) is 40.8 Å². The zero-order chi connectivity index (χ0) is 25.9. The van der Waals surface area contributed by atoms with Gasteiger partial charge < -0.3 is 30.0 Å². The first-order valence-corrected chi connectivity index (χ1v) is 11.0. The lowest BCUT2D eigenvalue weighted by molar-refractivity contribution is -0.118. The van der Waals surface area contributed by atoms with Crippen molar-refractivity contribution in [2.75, 3.05) is 31.0 Å². The Morgan fingerprint density at radius 2 is 1.61 bits per heavy atom. The second-order valence-corrected chi connectivity index (χ2v) is 7.38. The molecule has 0 unspecified atom stereocenters. The Bertz CT molecular complexity index is 1280. The molecule has 0 saturated heterocycles. The number of phenolic OH excluding ortho intramolecular Hbond substituents is 1. The molecule has 9 heteroatoms. The number of rotatable bonds is 10. The molecular weight excluding hydrogens is 462 g/mol. The third-order valence-electron chi connectivity index (χ3n) is 4.80. The fraction of sp³-hybridized carbons (Fsp3) is 0.148. The Kier molecular flexibility index (Phi) is 8.89. The SMILES string of the molecule is CCOc1cc(C=C(C#N)C(=O)Nc2ccc(O)cc2)ccc1OCC(=O)Nc1ccc(OC)cc1.